The Hall–Kier alpha value is -1.32. The molecule has 0 aliphatic heterocycles. The van der Waals surface area contributed by atoms with Crippen molar-refractivity contribution in [1.29, 1.82) is 0 Å². The molecule has 0 radical (unpaired) electrons. The lowest BCUT2D eigenvalue weighted by molar-refractivity contribution is -0.139. The second-order valence-electron chi connectivity index (χ2n) is 4.18. The zero-order valence-electron chi connectivity index (χ0n) is 11.0. The van der Waals surface area contributed by atoms with E-state index in [9.17, 15) is 26.4 Å². The van der Waals surface area contributed by atoms with Gasteiger partial charge in [0.15, 0.2) is 0 Å². The van der Waals surface area contributed by atoms with Crippen molar-refractivity contribution in [3.8, 4) is 0 Å². The summed E-state index contributed by atoms with van der Waals surface area (Å²) in [6.45, 7) is 0. The number of sulfonamides is 1. The Bertz CT molecular complexity index is 645. The number of halogens is 4. The highest BCUT2D eigenvalue weighted by molar-refractivity contribution is 7.89. The van der Waals surface area contributed by atoms with Gasteiger partial charge in [0.1, 0.15) is 5.88 Å². The predicted molar refractivity (Wildman–Crippen MR) is 71.7 cm³/mol. The molecular weight excluding hydrogens is 333 g/mol. The second kappa shape index (κ2) is 6.20. The Labute approximate surface area is 124 Å². The molecule has 0 unspecified atom stereocenters. The summed E-state index contributed by atoms with van der Waals surface area (Å²) >= 11 is 5.27. The van der Waals surface area contributed by atoms with E-state index >= 15 is 0 Å². The molecule has 0 saturated heterocycles. The molecule has 1 rings (SSSR count). The monoisotopic (exact) mass is 344 g/mol. The molecule has 0 aromatic heterocycles. The molecule has 1 amide bonds. The summed E-state index contributed by atoms with van der Waals surface area (Å²) in [5.41, 5.74) is -1.39. The number of rotatable bonds is 4. The van der Waals surface area contributed by atoms with Gasteiger partial charge in [0, 0.05) is 19.8 Å². The van der Waals surface area contributed by atoms with Crippen molar-refractivity contribution in [2.24, 2.45) is 0 Å². The molecule has 0 atom stereocenters. The van der Waals surface area contributed by atoms with Crippen molar-refractivity contribution >= 4 is 33.2 Å². The first-order chi connectivity index (χ1) is 9.50. The summed E-state index contributed by atoms with van der Waals surface area (Å²) in [6.07, 6.45) is -4.84. The van der Waals surface area contributed by atoms with E-state index < -0.39 is 38.4 Å². The molecule has 21 heavy (non-hydrogen) atoms. The maximum absolute atomic E-state index is 12.9. The number of anilines is 1. The van der Waals surface area contributed by atoms with E-state index in [1.165, 1.54) is 0 Å². The topological polar surface area (TPSA) is 66.5 Å². The van der Waals surface area contributed by atoms with Crippen molar-refractivity contribution < 1.29 is 26.4 Å². The first-order valence-corrected chi connectivity index (χ1v) is 7.47. The molecule has 118 valence electrons. The van der Waals surface area contributed by atoms with E-state index in [2.05, 4.69) is 5.32 Å². The largest absolute Gasteiger partial charge is 0.417 e. The third-order valence-electron chi connectivity index (χ3n) is 2.45. The summed E-state index contributed by atoms with van der Waals surface area (Å²) in [7, 11) is -2.11. The third kappa shape index (κ3) is 4.08. The Morgan fingerprint density at radius 1 is 1.33 bits per heavy atom. The summed E-state index contributed by atoms with van der Waals surface area (Å²) in [5, 5.41) is 2.20. The minimum absolute atomic E-state index is 0.0888. The van der Waals surface area contributed by atoms with Gasteiger partial charge in [-0.2, -0.15) is 13.2 Å². The Morgan fingerprint density at radius 3 is 2.33 bits per heavy atom. The molecule has 1 aromatic carbocycles. The van der Waals surface area contributed by atoms with Crippen LogP contribution in [0, 0.1) is 0 Å². The second-order valence-corrected chi connectivity index (χ2v) is 6.57. The fourth-order valence-corrected chi connectivity index (χ4v) is 2.64. The molecular formula is C11H12ClF3N2O3S. The highest BCUT2D eigenvalue weighted by atomic mass is 35.5. The molecule has 0 fully saturated rings. The van der Waals surface area contributed by atoms with Gasteiger partial charge < -0.3 is 5.32 Å². The highest BCUT2D eigenvalue weighted by Crippen LogP contribution is 2.36. The van der Waals surface area contributed by atoms with Crippen LogP contribution < -0.4 is 5.32 Å². The molecule has 0 bridgehead atoms. The first-order valence-electron chi connectivity index (χ1n) is 5.49. The van der Waals surface area contributed by atoms with Crippen LogP contribution in [0.5, 0.6) is 0 Å². The Kier molecular flexibility index (Phi) is 5.24. The van der Waals surface area contributed by atoms with Crippen molar-refractivity contribution in [3.05, 3.63) is 23.8 Å². The van der Waals surface area contributed by atoms with Crippen molar-refractivity contribution in [2.75, 3.05) is 25.3 Å². The number of nitrogens with zero attached hydrogens (tertiary/aromatic N) is 1. The number of nitrogens with one attached hydrogen (secondary N) is 1. The minimum Gasteiger partial charge on any atom is -0.325 e. The Morgan fingerprint density at radius 2 is 1.90 bits per heavy atom. The number of carbonyl (C=O) groups is 1. The number of hydrogen-bond donors (Lipinski definition) is 1. The molecule has 0 heterocycles. The van der Waals surface area contributed by atoms with Gasteiger partial charge in [-0.05, 0) is 18.2 Å². The summed E-state index contributed by atoms with van der Waals surface area (Å²) in [6, 6.07) is 2.31. The molecule has 1 N–H and O–H groups in total. The number of benzene rings is 1. The van der Waals surface area contributed by atoms with Crippen molar-refractivity contribution in [3.63, 3.8) is 0 Å². The van der Waals surface area contributed by atoms with Gasteiger partial charge in [-0.3, -0.25) is 4.79 Å². The van der Waals surface area contributed by atoms with Gasteiger partial charge in [-0.1, -0.05) is 0 Å². The molecule has 0 aliphatic carbocycles. The smallest absolute Gasteiger partial charge is 0.325 e. The van der Waals surface area contributed by atoms with Crippen molar-refractivity contribution in [1.82, 2.24) is 4.31 Å². The van der Waals surface area contributed by atoms with Crippen LogP contribution in [0.3, 0.4) is 0 Å². The molecule has 0 saturated carbocycles. The number of amides is 1. The maximum Gasteiger partial charge on any atom is 0.417 e. The SMILES string of the molecule is CN(C)S(=O)(=O)c1cc(NC(=O)CCl)ccc1C(F)(F)F. The maximum atomic E-state index is 12.9. The van der Waals surface area contributed by atoms with E-state index in [1.54, 1.807) is 0 Å². The summed E-state index contributed by atoms with van der Waals surface area (Å²) in [5.74, 6) is -1.07. The predicted octanol–water partition coefficient (Wildman–Crippen LogP) is 2.13. The van der Waals surface area contributed by atoms with Gasteiger partial charge >= 0.3 is 6.18 Å². The first kappa shape index (κ1) is 17.7. The molecule has 5 nitrogen and oxygen atoms in total. The standard InChI is InChI=1S/C11H12ClF3N2O3S/c1-17(2)21(19,20)9-5-7(16-10(18)6-12)3-4-8(9)11(13,14)15/h3-5H,6H2,1-2H3,(H,16,18). The van der Waals surface area contributed by atoms with E-state index in [0.29, 0.717) is 10.4 Å². The number of alkyl halides is 4. The summed E-state index contributed by atoms with van der Waals surface area (Å²) in [4.78, 5) is 10.2. The lowest BCUT2D eigenvalue weighted by Gasteiger charge is -2.18. The van der Waals surface area contributed by atoms with E-state index in [4.69, 9.17) is 11.6 Å². The molecule has 1 aromatic rings. The van der Waals surface area contributed by atoms with Crippen LogP contribution in [0.2, 0.25) is 0 Å². The van der Waals surface area contributed by atoms with Gasteiger partial charge in [0.2, 0.25) is 15.9 Å². The van der Waals surface area contributed by atoms with Crippen LogP contribution in [0.1, 0.15) is 5.56 Å². The van der Waals surface area contributed by atoms with Gasteiger partial charge in [0.05, 0.1) is 10.5 Å². The fraction of sp³-hybridized carbons (Fsp3) is 0.364. The van der Waals surface area contributed by atoms with Gasteiger partial charge in [0.25, 0.3) is 0 Å². The quantitative estimate of drug-likeness (QED) is 0.851. The van der Waals surface area contributed by atoms with E-state index in [-0.39, 0.29) is 5.69 Å². The molecule has 10 heteroatoms. The highest BCUT2D eigenvalue weighted by Gasteiger charge is 2.38. The van der Waals surface area contributed by atoms with Crippen molar-refractivity contribution in [2.45, 2.75) is 11.1 Å². The zero-order valence-corrected chi connectivity index (χ0v) is 12.6. The molecule has 0 spiro atoms. The number of carbonyl (C=O) groups excluding carboxylic acids is 1. The van der Waals surface area contributed by atoms with Crippen LogP contribution in [0.15, 0.2) is 23.1 Å². The third-order valence-corrected chi connectivity index (χ3v) is 4.55. The van der Waals surface area contributed by atoms with Crippen LogP contribution >= 0.6 is 11.6 Å². The fourth-order valence-electron chi connectivity index (χ4n) is 1.44. The Balaban J connectivity index is 3.48. The average Bonchev–Trinajstić information content (AvgIpc) is 2.36. The summed E-state index contributed by atoms with van der Waals surface area (Å²) < 4.78 is 63.4. The zero-order chi connectivity index (χ0) is 16.4. The number of hydrogen-bond acceptors (Lipinski definition) is 3. The van der Waals surface area contributed by atoms with Crippen LogP contribution in [-0.2, 0) is 21.0 Å². The lowest BCUT2D eigenvalue weighted by Crippen LogP contribution is -2.25. The van der Waals surface area contributed by atoms with E-state index in [0.717, 1.165) is 26.2 Å². The van der Waals surface area contributed by atoms with Crippen LogP contribution in [-0.4, -0.2) is 38.6 Å². The average molecular weight is 345 g/mol. The normalized spacial score (nSPS) is 12.5. The minimum atomic E-state index is -4.84. The van der Waals surface area contributed by atoms with Crippen LogP contribution in [0.4, 0.5) is 18.9 Å². The van der Waals surface area contributed by atoms with E-state index in [1.807, 2.05) is 0 Å². The van der Waals surface area contributed by atoms with Gasteiger partial charge in [-0.25, -0.2) is 12.7 Å². The molecule has 0 aliphatic rings. The lowest BCUT2D eigenvalue weighted by atomic mass is 10.2. The van der Waals surface area contributed by atoms with Crippen LogP contribution in [0.25, 0.3) is 0 Å². The van der Waals surface area contributed by atoms with Gasteiger partial charge in [-0.15, -0.1) is 11.6 Å².